The van der Waals surface area contributed by atoms with Crippen LogP contribution in [0.1, 0.15) is 24.5 Å². The number of rotatable bonds is 4. The van der Waals surface area contributed by atoms with Crippen LogP contribution < -0.4 is 0 Å². The van der Waals surface area contributed by atoms with Gasteiger partial charge in [0.2, 0.25) is 0 Å². The van der Waals surface area contributed by atoms with Crippen molar-refractivity contribution in [2.24, 2.45) is 0 Å². The van der Waals surface area contributed by atoms with Gasteiger partial charge in [0, 0.05) is 0 Å². The van der Waals surface area contributed by atoms with E-state index in [1.807, 2.05) is 0 Å². The van der Waals surface area contributed by atoms with E-state index in [0.717, 1.165) is 24.8 Å². The van der Waals surface area contributed by atoms with Crippen molar-refractivity contribution < 1.29 is 18.7 Å². The van der Waals surface area contributed by atoms with Crippen LogP contribution in [0.5, 0.6) is 0 Å². The van der Waals surface area contributed by atoms with Crippen molar-refractivity contribution in [1.29, 1.82) is 0 Å². The predicted molar refractivity (Wildman–Crippen MR) is 62.4 cm³/mol. The highest BCUT2D eigenvalue weighted by Crippen LogP contribution is 2.31. The molecule has 0 saturated carbocycles. The number of carbonyl (C=O) groups excluding carboxylic acids is 1. The summed E-state index contributed by atoms with van der Waals surface area (Å²) >= 11 is 0. The minimum atomic E-state index is -1.85. The van der Waals surface area contributed by atoms with Gasteiger partial charge in [0.05, 0.1) is 24.8 Å². The molecule has 2 unspecified atom stereocenters. The minimum absolute atomic E-state index is 0.0840. The largest absolute Gasteiger partial charge is 0.381 e. The second-order valence-electron chi connectivity index (χ2n) is 4.25. The minimum Gasteiger partial charge on any atom is -0.381 e. The monoisotopic (exact) mass is 280 g/mol. The fourth-order valence-electron chi connectivity index (χ4n) is 1.64. The van der Waals surface area contributed by atoms with Gasteiger partial charge in [-0.1, -0.05) is 0 Å². The molecule has 104 valence electrons. The van der Waals surface area contributed by atoms with E-state index in [1.54, 1.807) is 0 Å². The Morgan fingerprint density at radius 1 is 1.10 bits per heavy atom. The summed E-state index contributed by atoms with van der Waals surface area (Å²) in [6, 6.07) is 0. The molecule has 0 radical (unpaired) electrons. The van der Waals surface area contributed by atoms with Gasteiger partial charge in [0.1, 0.15) is 23.6 Å². The molecule has 2 heterocycles. The fraction of sp³-hybridized carbons (Fsp3) is 0.250. The summed E-state index contributed by atoms with van der Waals surface area (Å²) in [5, 5.41) is 10.4. The molecule has 6 nitrogen and oxygen atoms in total. The molecule has 0 aromatic carbocycles. The van der Waals surface area contributed by atoms with Crippen molar-refractivity contribution in [2.75, 3.05) is 0 Å². The lowest BCUT2D eigenvalue weighted by Crippen LogP contribution is -2.34. The molecule has 0 bridgehead atoms. The van der Waals surface area contributed by atoms with Crippen LogP contribution in [0, 0.1) is 11.6 Å². The summed E-state index contributed by atoms with van der Waals surface area (Å²) in [5.41, 5.74) is -1.85. The van der Waals surface area contributed by atoms with Crippen molar-refractivity contribution >= 4 is 6.29 Å². The third-order valence-electron chi connectivity index (χ3n) is 2.73. The van der Waals surface area contributed by atoms with Crippen LogP contribution in [0.3, 0.4) is 0 Å². The van der Waals surface area contributed by atoms with E-state index in [-0.39, 0.29) is 11.6 Å². The van der Waals surface area contributed by atoms with Crippen LogP contribution in [0.25, 0.3) is 0 Å². The van der Waals surface area contributed by atoms with Crippen LogP contribution in [-0.4, -0.2) is 31.3 Å². The zero-order valence-electron chi connectivity index (χ0n) is 10.4. The van der Waals surface area contributed by atoms with Crippen molar-refractivity contribution in [3.05, 3.63) is 48.1 Å². The van der Waals surface area contributed by atoms with Gasteiger partial charge in [-0.25, -0.2) is 28.7 Å². The molecule has 2 atom stereocenters. The van der Waals surface area contributed by atoms with Gasteiger partial charge in [-0.15, -0.1) is 0 Å². The summed E-state index contributed by atoms with van der Waals surface area (Å²) in [7, 11) is 0. The second kappa shape index (κ2) is 5.33. The summed E-state index contributed by atoms with van der Waals surface area (Å²) in [6.07, 6.45) is 3.88. The van der Waals surface area contributed by atoms with Crippen molar-refractivity contribution in [3.63, 3.8) is 0 Å². The van der Waals surface area contributed by atoms with Gasteiger partial charge in [0.25, 0.3) is 0 Å². The van der Waals surface area contributed by atoms with E-state index in [0.29, 0.717) is 6.29 Å². The van der Waals surface area contributed by atoms with Crippen molar-refractivity contribution in [2.45, 2.75) is 18.4 Å². The Kier molecular flexibility index (Phi) is 3.75. The van der Waals surface area contributed by atoms with Crippen LogP contribution in [0.15, 0.2) is 24.8 Å². The topological polar surface area (TPSA) is 88.9 Å². The first-order chi connectivity index (χ1) is 9.45. The van der Waals surface area contributed by atoms with Crippen LogP contribution in [0.2, 0.25) is 0 Å². The average Bonchev–Trinajstić information content (AvgIpc) is 2.42. The standard InChI is InChI=1S/C12H10F2N4O2/c1-12(20,11-17-4-8(14)5-18-11)9(6-19)10-15-2-7(13)3-16-10/h2-6,9,20H,1H3. The Labute approximate surface area is 112 Å². The van der Waals surface area contributed by atoms with E-state index in [9.17, 15) is 18.7 Å². The molecule has 0 spiro atoms. The smallest absolute Gasteiger partial charge is 0.161 e. The van der Waals surface area contributed by atoms with Crippen LogP contribution in [-0.2, 0) is 10.4 Å². The number of carbonyl (C=O) groups is 1. The number of halogens is 2. The van der Waals surface area contributed by atoms with E-state index >= 15 is 0 Å². The number of hydrogen-bond acceptors (Lipinski definition) is 6. The first kappa shape index (κ1) is 14.1. The van der Waals surface area contributed by atoms with Crippen LogP contribution >= 0.6 is 0 Å². The number of aldehydes is 1. The lowest BCUT2D eigenvalue weighted by molar-refractivity contribution is -0.115. The second-order valence-corrected chi connectivity index (χ2v) is 4.25. The summed E-state index contributed by atoms with van der Waals surface area (Å²) in [6.45, 7) is 1.27. The predicted octanol–water partition coefficient (Wildman–Crippen LogP) is 0.735. The maximum atomic E-state index is 12.8. The summed E-state index contributed by atoms with van der Waals surface area (Å²) < 4.78 is 25.6. The maximum absolute atomic E-state index is 12.8. The number of hydrogen-bond donors (Lipinski definition) is 1. The molecular formula is C12H10F2N4O2. The molecule has 0 fully saturated rings. The average molecular weight is 280 g/mol. The highest BCUT2D eigenvalue weighted by molar-refractivity contribution is 5.62. The molecule has 0 aliphatic heterocycles. The Morgan fingerprint density at radius 2 is 1.55 bits per heavy atom. The molecule has 8 heteroatoms. The molecule has 0 amide bonds. The fourth-order valence-corrected chi connectivity index (χ4v) is 1.64. The van der Waals surface area contributed by atoms with Gasteiger partial charge in [0.15, 0.2) is 17.5 Å². The summed E-state index contributed by atoms with van der Waals surface area (Å²) in [5.74, 6) is -2.81. The molecule has 0 saturated heterocycles. The Hall–Kier alpha value is -2.35. The molecule has 20 heavy (non-hydrogen) atoms. The quantitative estimate of drug-likeness (QED) is 0.831. The normalized spacial score (nSPS) is 15.4. The van der Waals surface area contributed by atoms with E-state index < -0.39 is 23.2 Å². The van der Waals surface area contributed by atoms with Gasteiger partial charge < -0.3 is 9.90 Å². The molecule has 2 aromatic rings. The van der Waals surface area contributed by atoms with Crippen molar-refractivity contribution in [3.8, 4) is 0 Å². The first-order valence-electron chi connectivity index (χ1n) is 5.58. The summed E-state index contributed by atoms with van der Waals surface area (Å²) in [4.78, 5) is 25.8. The highest BCUT2D eigenvalue weighted by atomic mass is 19.1. The van der Waals surface area contributed by atoms with E-state index in [1.165, 1.54) is 6.92 Å². The molecular weight excluding hydrogens is 270 g/mol. The number of aliphatic hydroxyl groups is 1. The third kappa shape index (κ3) is 2.64. The van der Waals surface area contributed by atoms with Gasteiger partial charge in [-0.3, -0.25) is 0 Å². The number of aromatic nitrogens is 4. The molecule has 2 aromatic heterocycles. The van der Waals surface area contributed by atoms with Gasteiger partial charge in [-0.05, 0) is 6.92 Å². The Morgan fingerprint density at radius 3 is 2.00 bits per heavy atom. The Bertz CT molecular complexity index is 602. The Balaban J connectivity index is 2.41. The lowest BCUT2D eigenvalue weighted by atomic mass is 9.88. The van der Waals surface area contributed by atoms with E-state index in [4.69, 9.17) is 0 Å². The SMILES string of the molecule is CC(O)(c1ncc(F)cn1)C(C=O)c1ncc(F)cn1. The highest BCUT2D eigenvalue weighted by Gasteiger charge is 2.39. The first-order valence-corrected chi connectivity index (χ1v) is 5.58. The zero-order chi connectivity index (χ0) is 14.8. The lowest BCUT2D eigenvalue weighted by Gasteiger charge is -2.26. The molecule has 0 aliphatic carbocycles. The van der Waals surface area contributed by atoms with Crippen LogP contribution in [0.4, 0.5) is 8.78 Å². The zero-order valence-corrected chi connectivity index (χ0v) is 10.4. The molecule has 2 rings (SSSR count). The van der Waals surface area contributed by atoms with E-state index in [2.05, 4.69) is 19.9 Å². The number of nitrogens with zero attached hydrogens (tertiary/aromatic N) is 4. The molecule has 0 aliphatic rings. The van der Waals surface area contributed by atoms with Gasteiger partial charge in [-0.2, -0.15) is 0 Å². The van der Waals surface area contributed by atoms with Crippen molar-refractivity contribution in [1.82, 2.24) is 19.9 Å². The van der Waals surface area contributed by atoms with Gasteiger partial charge >= 0.3 is 0 Å². The molecule has 1 N–H and O–H groups in total. The third-order valence-corrected chi connectivity index (χ3v) is 2.73. The maximum Gasteiger partial charge on any atom is 0.161 e.